The number of amides is 1. The molecule has 9 heteroatoms. The molecule has 0 saturated heterocycles. The van der Waals surface area contributed by atoms with Crippen molar-refractivity contribution in [1.29, 1.82) is 0 Å². The predicted octanol–water partition coefficient (Wildman–Crippen LogP) is 1.44. The molecule has 0 bridgehead atoms. The summed E-state index contributed by atoms with van der Waals surface area (Å²) in [7, 11) is 0. The maximum atomic E-state index is 13.0. The minimum Gasteiger partial charge on any atom is -0.352 e. The number of benzene rings is 1. The fourth-order valence-electron chi connectivity index (χ4n) is 1.72. The molecule has 1 amide bonds. The molecule has 0 saturated carbocycles. The van der Waals surface area contributed by atoms with Gasteiger partial charge in [0.2, 0.25) is 4.96 Å². The van der Waals surface area contributed by atoms with E-state index < -0.39 is 17.5 Å². The van der Waals surface area contributed by atoms with Crippen molar-refractivity contribution in [3.8, 4) is 0 Å². The number of nitrogens with zero attached hydrogens (tertiary/aromatic N) is 4. The van der Waals surface area contributed by atoms with Crippen LogP contribution in [0.1, 0.15) is 15.4 Å². The molecular formula is C12H9F2N5OS. The highest BCUT2D eigenvalue weighted by molar-refractivity contribution is 7.16. The summed E-state index contributed by atoms with van der Waals surface area (Å²) in [6.45, 7) is 0.335. The lowest BCUT2D eigenvalue weighted by Crippen LogP contribution is -2.25. The molecule has 3 rings (SSSR count). The van der Waals surface area contributed by atoms with Crippen LogP contribution in [0.25, 0.3) is 4.96 Å². The topological polar surface area (TPSA) is 72.2 Å². The van der Waals surface area contributed by atoms with E-state index in [1.807, 2.05) is 0 Å². The molecule has 0 aliphatic rings. The summed E-state index contributed by atoms with van der Waals surface area (Å²) >= 11 is 1.37. The molecule has 0 fully saturated rings. The van der Waals surface area contributed by atoms with Crippen LogP contribution in [0.5, 0.6) is 0 Å². The maximum absolute atomic E-state index is 13.0. The van der Waals surface area contributed by atoms with Crippen LogP contribution in [0.15, 0.2) is 24.5 Å². The van der Waals surface area contributed by atoms with Crippen LogP contribution in [-0.4, -0.2) is 32.3 Å². The molecule has 2 heterocycles. The number of halogens is 2. The molecular weight excluding hydrogens is 300 g/mol. The lowest BCUT2D eigenvalue weighted by molar-refractivity contribution is 0.0953. The highest BCUT2D eigenvalue weighted by Crippen LogP contribution is 2.12. The monoisotopic (exact) mass is 309 g/mol. The number of aromatic nitrogens is 4. The van der Waals surface area contributed by atoms with Gasteiger partial charge in [-0.15, -0.1) is 10.2 Å². The van der Waals surface area contributed by atoms with Crippen LogP contribution in [0.2, 0.25) is 0 Å². The molecule has 0 aliphatic carbocycles. The van der Waals surface area contributed by atoms with E-state index >= 15 is 0 Å². The summed E-state index contributed by atoms with van der Waals surface area (Å²) in [4.78, 5) is 12.5. The van der Waals surface area contributed by atoms with Gasteiger partial charge in [-0.05, 0) is 18.2 Å². The maximum Gasteiger partial charge on any atom is 0.251 e. The average molecular weight is 309 g/mol. The van der Waals surface area contributed by atoms with Crippen LogP contribution < -0.4 is 5.32 Å². The smallest absolute Gasteiger partial charge is 0.251 e. The zero-order valence-electron chi connectivity index (χ0n) is 10.6. The Morgan fingerprint density at radius 2 is 2.19 bits per heavy atom. The Bertz CT molecular complexity index is 771. The molecule has 6 nitrogen and oxygen atoms in total. The van der Waals surface area contributed by atoms with Gasteiger partial charge in [-0.3, -0.25) is 4.79 Å². The summed E-state index contributed by atoms with van der Waals surface area (Å²) in [5.74, 6) is -2.49. The van der Waals surface area contributed by atoms with Crippen LogP contribution in [0.4, 0.5) is 8.78 Å². The van der Waals surface area contributed by atoms with Gasteiger partial charge in [-0.25, -0.2) is 8.78 Å². The van der Waals surface area contributed by atoms with Crippen molar-refractivity contribution in [2.75, 3.05) is 6.54 Å². The van der Waals surface area contributed by atoms with Crippen molar-refractivity contribution in [2.24, 2.45) is 0 Å². The first-order valence-electron chi connectivity index (χ1n) is 6.02. The van der Waals surface area contributed by atoms with Gasteiger partial charge in [0.15, 0.2) is 11.6 Å². The van der Waals surface area contributed by atoms with Gasteiger partial charge < -0.3 is 5.32 Å². The van der Waals surface area contributed by atoms with Gasteiger partial charge in [0.25, 0.3) is 5.91 Å². The normalized spacial score (nSPS) is 11.0. The van der Waals surface area contributed by atoms with Crippen LogP contribution in [-0.2, 0) is 6.42 Å². The average Bonchev–Trinajstić information content (AvgIpc) is 3.02. The Balaban J connectivity index is 1.58. The molecule has 0 unspecified atom stereocenters. The summed E-state index contributed by atoms with van der Waals surface area (Å²) in [6.07, 6.45) is 2.01. The van der Waals surface area contributed by atoms with E-state index in [-0.39, 0.29) is 5.56 Å². The van der Waals surface area contributed by atoms with E-state index in [2.05, 4.69) is 20.6 Å². The summed E-state index contributed by atoms with van der Waals surface area (Å²) in [5.41, 5.74) is 0.0760. The van der Waals surface area contributed by atoms with Crippen LogP contribution in [0, 0.1) is 11.6 Å². The van der Waals surface area contributed by atoms with Crippen molar-refractivity contribution < 1.29 is 13.6 Å². The first kappa shape index (κ1) is 13.6. The van der Waals surface area contributed by atoms with Gasteiger partial charge in [0, 0.05) is 18.5 Å². The second kappa shape index (κ2) is 5.52. The third-order valence-corrected chi connectivity index (χ3v) is 3.71. The van der Waals surface area contributed by atoms with E-state index in [1.165, 1.54) is 23.7 Å². The molecule has 108 valence electrons. The predicted molar refractivity (Wildman–Crippen MR) is 71.1 cm³/mol. The number of nitrogens with one attached hydrogen (secondary N) is 1. The zero-order valence-corrected chi connectivity index (χ0v) is 11.4. The number of carbonyl (C=O) groups excluding carboxylic acids is 1. The summed E-state index contributed by atoms with van der Waals surface area (Å²) < 4.78 is 27.4. The molecule has 3 aromatic rings. The Kier molecular flexibility index (Phi) is 3.57. The Labute approximate surface area is 121 Å². The minimum absolute atomic E-state index is 0.0760. The van der Waals surface area contributed by atoms with E-state index in [0.717, 1.165) is 17.1 Å². The van der Waals surface area contributed by atoms with E-state index in [9.17, 15) is 13.6 Å². The lowest BCUT2D eigenvalue weighted by atomic mass is 10.2. The largest absolute Gasteiger partial charge is 0.352 e. The van der Waals surface area contributed by atoms with Crippen molar-refractivity contribution >= 4 is 22.2 Å². The van der Waals surface area contributed by atoms with Crippen molar-refractivity contribution in [1.82, 2.24) is 25.1 Å². The van der Waals surface area contributed by atoms with Crippen LogP contribution in [0.3, 0.4) is 0 Å². The van der Waals surface area contributed by atoms with Gasteiger partial charge in [0.05, 0.1) is 0 Å². The molecule has 1 aromatic carbocycles. The molecule has 1 N–H and O–H groups in total. The van der Waals surface area contributed by atoms with Gasteiger partial charge in [-0.1, -0.05) is 11.3 Å². The number of carbonyl (C=O) groups is 1. The second-order valence-corrected chi connectivity index (χ2v) is 5.23. The van der Waals surface area contributed by atoms with Gasteiger partial charge >= 0.3 is 0 Å². The quantitative estimate of drug-likeness (QED) is 0.791. The number of fused-ring (bicyclic) bond motifs is 1. The molecule has 0 spiro atoms. The molecule has 0 radical (unpaired) electrons. The first-order valence-corrected chi connectivity index (χ1v) is 6.84. The Hall–Kier alpha value is -2.42. The number of hydrogen-bond donors (Lipinski definition) is 1. The fourth-order valence-corrected chi connectivity index (χ4v) is 2.54. The number of rotatable bonds is 4. The van der Waals surface area contributed by atoms with Crippen molar-refractivity contribution in [2.45, 2.75) is 6.42 Å². The Morgan fingerprint density at radius 3 is 2.95 bits per heavy atom. The van der Waals surface area contributed by atoms with E-state index in [0.29, 0.717) is 17.9 Å². The van der Waals surface area contributed by atoms with Crippen LogP contribution >= 0.6 is 11.3 Å². The third kappa shape index (κ3) is 2.87. The second-order valence-electron chi connectivity index (χ2n) is 4.19. The molecule has 0 aliphatic heterocycles. The van der Waals surface area contributed by atoms with E-state index in [1.54, 1.807) is 4.52 Å². The van der Waals surface area contributed by atoms with Crippen molar-refractivity contribution in [3.63, 3.8) is 0 Å². The number of hydrogen-bond acceptors (Lipinski definition) is 5. The summed E-state index contributed by atoms with van der Waals surface area (Å²) in [6, 6.07) is 3.03. The van der Waals surface area contributed by atoms with Gasteiger partial charge in [0.1, 0.15) is 11.3 Å². The lowest BCUT2D eigenvalue weighted by Gasteiger charge is -2.04. The summed E-state index contributed by atoms with van der Waals surface area (Å²) in [5, 5.41) is 15.2. The SMILES string of the molecule is O=C(NCCc1nn2cnnc2s1)c1ccc(F)c(F)c1. The molecule has 0 atom stereocenters. The van der Waals surface area contributed by atoms with E-state index in [4.69, 9.17) is 0 Å². The molecule has 21 heavy (non-hydrogen) atoms. The highest BCUT2D eigenvalue weighted by atomic mass is 32.1. The third-order valence-electron chi connectivity index (χ3n) is 2.73. The first-order chi connectivity index (χ1) is 10.1. The standard InChI is InChI=1S/C12H9F2N5OS/c13-8-2-1-7(5-9(8)14)11(20)15-4-3-10-18-19-6-16-17-12(19)21-10/h1-2,5-6H,3-4H2,(H,15,20). The minimum atomic E-state index is -1.05. The molecule has 2 aromatic heterocycles. The highest BCUT2D eigenvalue weighted by Gasteiger charge is 2.10. The Morgan fingerprint density at radius 1 is 1.33 bits per heavy atom. The zero-order chi connectivity index (χ0) is 14.8. The fraction of sp³-hybridized carbons (Fsp3) is 0.167. The van der Waals surface area contributed by atoms with Crippen molar-refractivity contribution in [3.05, 3.63) is 46.7 Å². The van der Waals surface area contributed by atoms with Gasteiger partial charge in [-0.2, -0.15) is 9.61 Å².